The van der Waals surface area contributed by atoms with Gasteiger partial charge in [-0.1, -0.05) is 48.0 Å². The Labute approximate surface area is 189 Å². The Morgan fingerprint density at radius 3 is 2.69 bits per heavy atom. The average Bonchev–Trinajstić information content (AvgIpc) is 3.44. The first kappa shape index (κ1) is 21.5. The highest BCUT2D eigenvalue weighted by Crippen LogP contribution is 2.14. The molecule has 1 atom stereocenters. The number of carbonyl (C=O) groups excluding carboxylic acids is 2. The summed E-state index contributed by atoms with van der Waals surface area (Å²) in [5, 5.41) is 4.81. The molecule has 4 aromatic rings. The first-order valence-electron chi connectivity index (χ1n) is 10.2. The van der Waals surface area contributed by atoms with Crippen LogP contribution < -0.4 is 10.1 Å². The summed E-state index contributed by atoms with van der Waals surface area (Å²) >= 11 is 1.37. The van der Waals surface area contributed by atoms with Gasteiger partial charge in [0.05, 0.1) is 12.6 Å². The number of nitrogens with zero attached hydrogens (tertiary/aromatic N) is 2. The molecule has 7 heteroatoms. The number of rotatable bonds is 6. The lowest BCUT2D eigenvalue weighted by atomic mass is 10.1. The van der Waals surface area contributed by atoms with Crippen molar-refractivity contribution in [2.75, 3.05) is 0 Å². The molecule has 0 bridgehead atoms. The molecule has 2 aromatic carbocycles. The normalized spacial score (nSPS) is 12.5. The van der Waals surface area contributed by atoms with Gasteiger partial charge >= 0.3 is 0 Å². The van der Waals surface area contributed by atoms with Crippen molar-refractivity contribution in [1.82, 2.24) is 9.88 Å². The minimum atomic E-state index is -0.292. The zero-order chi connectivity index (χ0) is 22.5. The molecule has 0 spiro atoms. The Balaban J connectivity index is 1.46. The highest BCUT2D eigenvalue weighted by atomic mass is 32.1. The van der Waals surface area contributed by atoms with Crippen LogP contribution in [-0.4, -0.2) is 16.4 Å². The zero-order valence-corrected chi connectivity index (χ0v) is 18.6. The molecule has 2 heterocycles. The molecule has 4 rings (SSSR count). The molecule has 0 aliphatic carbocycles. The van der Waals surface area contributed by atoms with E-state index < -0.39 is 0 Å². The quantitative estimate of drug-likeness (QED) is 0.466. The predicted molar refractivity (Wildman–Crippen MR) is 124 cm³/mol. The van der Waals surface area contributed by atoms with Gasteiger partial charge in [0.2, 0.25) is 0 Å². The number of nitrogens with one attached hydrogen (secondary N) is 1. The van der Waals surface area contributed by atoms with Crippen molar-refractivity contribution >= 4 is 23.2 Å². The van der Waals surface area contributed by atoms with Gasteiger partial charge < -0.3 is 14.3 Å². The third-order valence-corrected chi connectivity index (χ3v) is 5.78. The number of hydrogen-bond donors (Lipinski definition) is 1. The topological polar surface area (TPSA) is 76.6 Å². The second-order valence-electron chi connectivity index (χ2n) is 7.47. The van der Waals surface area contributed by atoms with E-state index in [1.54, 1.807) is 18.2 Å². The number of amides is 2. The molecule has 2 aromatic heterocycles. The van der Waals surface area contributed by atoms with Crippen LogP contribution in [0.1, 0.15) is 50.8 Å². The van der Waals surface area contributed by atoms with Gasteiger partial charge in [-0.2, -0.15) is 4.99 Å². The van der Waals surface area contributed by atoms with Gasteiger partial charge in [-0.3, -0.25) is 9.59 Å². The number of furan rings is 1. The highest BCUT2D eigenvalue weighted by Gasteiger charge is 2.15. The molecule has 0 radical (unpaired) electrons. The summed E-state index contributed by atoms with van der Waals surface area (Å²) in [6, 6.07) is 20.4. The van der Waals surface area contributed by atoms with E-state index in [9.17, 15) is 9.59 Å². The highest BCUT2D eigenvalue weighted by molar-refractivity contribution is 7.07. The third kappa shape index (κ3) is 5.12. The van der Waals surface area contributed by atoms with Crippen LogP contribution >= 0.6 is 11.3 Å². The molecule has 0 saturated heterocycles. The lowest BCUT2D eigenvalue weighted by Gasteiger charge is -2.13. The Hall–Kier alpha value is -3.71. The lowest BCUT2D eigenvalue weighted by molar-refractivity contribution is 0.0909. The molecule has 0 unspecified atom stereocenters. The lowest BCUT2D eigenvalue weighted by Crippen LogP contribution is -2.26. The minimum Gasteiger partial charge on any atom is -0.454 e. The number of aryl methyl sites for hydroxylation is 1. The van der Waals surface area contributed by atoms with E-state index in [4.69, 9.17) is 4.42 Å². The summed E-state index contributed by atoms with van der Waals surface area (Å²) < 4.78 is 7.59. The molecule has 1 N–H and O–H groups in total. The summed E-state index contributed by atoms with van der Waals surface area (Å²) in [4.78, 5) is 29.9. The van der Waals surface area contributed by atoms with Gasteiger partial charge in [0.15, 0.2) is 10.6 Å². The Bertz CT molecular complexity index is 1300. The average molecular weight is 446 g/mol. The standard InChI is InChI=1S/C25H23N3O3S/c1-17-7-6-10-20(15-17)23(29)27-25-28(13-14-32-25)16-21-11-12-22(31-21)24(30)26-18(2)19-8-4-3-5-9-19/h3-15,18H,16H2,1-2H3,(H,26,30)/t18-/m1/s1. The SMILES string of the molecule is Cc1cccc(C(=O)N=c2sccn2Cc2ccc(C(=O)N[C@H](C)c3ccccc3)o2)c1. The summed E-state index contributed by atoms with van der Waals surface area (Å²) in [7, 11) is 0. The van der Waals surface area contributed by atoms with Crippen LogP contribution in [0.5, 0.6) is 0 Å². The van der Waals surface area contributed by atoms with Crippen LogP contribution in [0.15, 0.2) is 87.7 Å². The summed E-state index contributed by atoms with van der Waals surface area (Å²) in [5.74, 6) is 0.278. The molecule has 2 amide bonds. The van der Waals surface area contributed by atoms with Crippen molar-refractivity contribution in [2.24, 2.45) is 4.99 Å². The van der Waals surface area contributed by atoms with Gasteiger partial charge in [0, 0.05) is 17.1 Å². The zero-order valence-electron chi connectivity index (χ0n) is 17.8. The van der Waals surface area contributed by atoms with E-state index in [-0.39, 0.29) is 23.6 Å². The van der Waals surface area contributed by atoms with Gasteiger partial charge in [0.25, 0.3) is 11.8 Å². The van der Waals surface area contributed by atoms with Crippen LogP contribution in [0.25, 0.3) is 0 Å². The second kappa shape index (κ2) is 9.62. The molecule has 0 aliphatic rings. The van der Waals surface area contributed by atoms with Crippen LogP contribution in [0, 0.1) is 6.92 Å². The Morgan fingerprint density at radius 1 is 1.09 bits per heavy atom. The molecule has 0 saturated carbocycles. The van der Waals surface area contributed by atoms with Crippen LogP contribution in [-0.2, 0) is 6.54 Å². The number of aromatic nitrogens is 1. The number of hydrogen-bond acceptors (Lipinski definition) is 4. The maximum atomic E-state index is 12.6. The molecule has 0 aliphatic heterocycles. The molecule has 0 fully saturated rings. The molecular weight excluding hydrogens is 422 g/mol. The third-order valence-electron chi connectivity index (χ3n) is 4.98. The van der Waals surface area contributed by atoms with E-state index in [0.717, 1.165) is 11.1 Å². The first-order valence-corrected chi connectivity index (χ1v) is 11.1. The smallest absolute Gasteiger partial charge is 0.287 e. The minimum absolute atomic E-state index is 0.137. The summed E-state index contributed by atoms with van der Waals surface area (Å²) in [6.45, 7) is 4.23. The maximum Gasteiger partial charge on any atom is 0.287 e. The molecule has 6 nitrogen and oxygen atoms in total. The van der Waals surface area contributed by atoms with E-state index in [1.807, 2.05) is 78.5 Å². The van der Waals surface area contributed by atoms with Crippen molar-refractivity contribution in [1.29, 1.82) is 0 Å². The summed E-state index contributed by atoms with van der Waals surface area (Å²) in [5.41, 5.74) is 2.58. The predicted octanol–water partition coefficient (Wildman–Crippen LogP) is 4.73. The van der Waals surface area contributed by atoms with Crippen molar-refractivity contribution in [2.45, 2.75) is 26.4 Å². The van der Waals surface area contributed by atoms with Crippen LogP contribution in [0.3, 0.4) is 0 Å². The molecule has 162 valence electrons. The number of benzene rings is 2. The number of thiazole rings is 1. The Morgan fingerprint density at radius 2 is 1.91 bits per heavy atom. The van der Waals surface area contributed by atoms with Gasteiger partial charge in [-0.05, 0) is 43.7 Å². The van der Waals surface area contributed by atoms with Crippen LogP contribution in [0.2, 0.25) is 0 Å². The van der Waals surface area contributed by atoms with Gasteiger partial charge in [-0.25, -0.2) is 0 Å². The fraction of sp³-hybridized carbons (Fsp3) is 0.160. The first-order chi connectivity index (χ1) is 15.5. The van der Waals surface area contributed by atoms with Crippen molar-refractivity contribution < 1.29 is 14.0 Å². The van der Waals surface area contributed by atoms with E-state index in [1.165, 1.54) is 11.3 Å². The van der Waals surface area contributed by atoms with Crippen molar-refractivity contribution in [3.8, 4) is 0 Å². The molecule has 32 heavy (non-hydrogen) atoms. The fourth-order valence-corrected chi connectivity index (χ4v) is 4.01. The Kier molecular flexibility index (Phi) is 6.47. The van der Waals surface area contributed by atoms with E-state index >= 15 is 0 Å². The molecular formula is C25H23N3O3S. The monoisotopic (exact) mass is 445 g/mol. The van der Waals surface area contributed by atoms with Crippen molar-refractivity contribution in [3.63, 3.8) is 0 Å². The van der Waals surface area contributed by atoms with Crippen molar-refractivity contribution in [3.05, 3.63) is 111 Å². The van der Waals surface area contributed by atoms with E-state index in [0.29, 0.717) is 22.7 Å². The second-order valence-corrected chi connectivity index (χ2v) is 8.34. The fourth-order valence-electron chi connectivity index (χ4n) is 3.28. The van der Waals surface area contributed by atoms with Gasteiger partial charge in [0.1, 0.15) is 5.76 Å². The largest absolute Gasteiger partial charge is 0.454 e. The summed E-state index contributed by atoms with van der Waals surface area (Å²) in [6.07, 6.45) is 1.84. The van der Waals surface area contributed by atoms with E-state index in [2.05, 4.69) is 10.3 Å². The number of carbonyl (C=O) groups is 2. The van der Waals surface area contributed by atoms with Crippen LogP contribution in [0.4, 0.5) is 0 Å². The maximum absolute atomic E-state index is 12.6. The van der Waals surface area contributed by atoms with Gasteiger partial charge in [-0.15, -0.1) is 11.3 Å².